The third-order valence-corrected chi connectivity index (χ3v) is 2.54. The molecule has 5 heteroatoms. The summed E-state index contributed by atoms with van der Waals surface area (Å²) >= 11 is 0. The summed E-state index contributed by atoms with van der Waals surface area (Å²) in [5.41, 5.74) is 9.96. The standard InChI is InChI=1S/C11H14N4O/c1-4-9-8(5-6(2)13-14-9)10-7(3)11(12)16-15-10/h5H,4,12H2,1-3H3. The second kappa shape index (κ2) is 3.92. The number of hydrogen-bond donors (Lipinski definition) is 1. The molecule has 2 aromatic heterocycles. The van der Waals surface area contributed by atoms with Gasteiger partial charge in [-0.25, -0.2) is 0 Å². The molecule has 84 valence electrons. The van der Waals surface area contributed by atoms with Gasteiger partial charge in [-0.1, -0.05) is 12.1 Å². The highest BCUT2D eigenvalue weighted by Gasteiger charge is 2.15. The first-order valence-corrected chi connectivity index (χ1v) is 5.18. The molecule has 2 N–H and O–H groups in total. The first kappa shape index (κ1) is 10.6. The molecule has 0 atom stereocenters. The molecule has 0 radical (unpaired) electrons. The van der Waals surface area contributed by atoms with Gasteiger partial charge in [-0.2, -0.15) is 10.2 Å². The number of anilines is 1. The largest absolute Gasteiger partial charge is 0.367 e. The molecular formula is C11H14N4O. The second-order valence-corrected chi connectivity index (χ2v) is 3.72. The number of nitrogens with two attached hydrogens (primary N) is 1. The van der Waals surface area contributed by atoms with Crippen molar-refractivity contribution in [3.63, 3.8) is 0 Å². The molecule has 0 saturated carbocycles. The van der Waals surface area contributed by atoms with Crippen LogP contribution in [-0.2, 0) is 6.42 Å². The maximum absolute atomic E-state index is 5.64. The highest BCUT2D eigenvalue weighted by Crippen LogP contribution is 2.28. The number of aromatic nitrogens is 3. The molecule has 0 fully saturated rings. The van der Waals surface area contributed by atoms with E-state index in [9.17, 15) is 0 Å². The molecule has 2 rings (SSSR count). The van der Waals surface area contributed by atoms with Crippen molar-refractivity contribution in [2.75, 3.05) is 5.73 Å². The van der Waals surface area contributed by atoms with Gasteiger partial charge in [0.2, 0.25) is 5.88 Å². The van der Waals surface area contributed by atoms with Crippen molar-refractivity contribution in [3.05, 3.63) is 23.0 Å². The van der Waals surface area contributed by atoms with E-state index in [0.29, 0.717) is 5.88 Å². The Kier molecular flexibility index (Phi) is 2.60. The molecule has 0 aromatic carbocycles. The molecule has 0 saturated heterocycles. The summed E-state index contributed by atoms with van der Waals surface area (Å²) in [6.07, 6.45) is 0.800. The first-order chi connectivity index (χ1) is 7.63. The number of nitrogens with zero attached hydrogens (tertiary/aromatic N) is 3. The Labute approximate surface area is 93.7 Å². The summed E-state index contributed by atoms with van der Waals surface area (Å²) in [6, 6.07) is 1.95. The summed E-state index contributed by atoms with van der Waals surface area (Å²) in [7, 11) is 0. The van der Waals surface area contributed by atoms with E-state index >= 15 is 0 Å². The van der Waals surface area contributed by atoms with E-state index in [1.165, 1.54) is 0 Å². The highest BCUT2D eigenvalue weighted by molar-refractivity contribution is 5.68. The SMILES string of the molecule is CCc1nnc(C)cc1-c1noc(N)c1C. The van der Waals surface area contributed by atoms with Crippen molar-refractivity contribution in [1.82, 2.24) is 15.4 Å². The molecule has 0 unspecified atom stereocenters. The van der Waals surface area contributed by atoms with Crippen molar-refractivity contribution in [3.8, 4) is 11.3 Å². The lowest BCUT2D eigenvalue weighted by atomic mass is 10.1. The van der Waals surface area contributed by atoms with Crippen LogP contribution in [0, 0.1) is 13.8 Å². The Morgan fingerprint density at radius 2 is 2.06 bits per heavy atom. The molecule has 0 aliphatic carbocycles. The molecule has 0 bridgehead atoms. The summed E-state index contributed by atoms with van der Waals surface area (Å²) in [4.78, 5) is 0. The van der Waals surface area contributed by atoms with Gasteiger partial charge in [0.05, 0.1) is 11.4 Å². The van der Waals surface area contributed by atoms with Crippen molar-refractivity contribution in [1.29, 1.82) is 0 Å². The van der Waals surface area contributed by atoms with Gasteiger partial charge in [-0.15, -0.1) is 0 Å². The van der Waals surface area contributed by atoms with Crippen LogP contribution in [0.25, 0.3) is 11.3 Å². The van der Waals surface area contributed by atoms with Gasteiger partial charge in [0.1, 0.15) is 5.69 Å². The van der Waals surface area contributed by atoms with Gasteiger partial charge in [0.25, 0.3) is 0 Å². The van der Waals surface area contributed by atoms with E-state index in [1.54, 1.807) is 0 Å². The number of aryl methyl sites for hydroxylation is 2. The molecule has 0 amide bonds. The van der Waals surface area contributed by atoms with Crippen LogP contribution in [0.1, 0.15) is 23.9 Å². The molecule has 0 spiro atoms. The topological polar surface area (TPSA) is 77.8 Å². The molecule has 2 aromatic rings. The monoisotopic (exact) mass is 218 g/mol. The average Bonchev–Trinajstić information content (AvgIpc) is 2.60. The minimum absolute atomic E-state index is 0.353. The van der Waals surface area contributed by atoms with Crippen LogP contribution in [0.3, 0.4) is 0 Å². The minimum Gasteiger partial charge on any atom is -0.367 e. The Morgan fingerprint density at radius 3 is 2.62 bits per heavy atom. The van der Waals surface area contributed by atoms with Crippen LogP contribution >= 0.6 is 0 Å². The van der Waals surface area contributed by atoms with Crippen LogP contribution in [0.2, 0.25) is 0 Å². The van der Waals surface area contributed by atoms with E-state index in [2.05, 4.69) is 15.4 Å². The zero-order valence-corrected chi connectivity index (χ0v) is 9.61. The van der Waals surface area contributed by atoms with Crippen LogP contribution in [-0.4, -0.2) is 15.4 Å². The number of hydrogen-bond acceptors (Lipinski definition) is 5. The average molecular weight is 218 g/mol. The van der Waals surface area contributed by atoms with E-state index < -0.39 is 0 Å². The normalized spacial score (nSPS) is 10.7. The Hall–Kier alpha value is -1.91. The summed E-state index contributed by atoms with van der Waals surface area (Å²) in [5.74, 6) is 0.353. The quantitative estimate of drug-likeness (QED) is 0.832. The van der Waals surface area contributed by atoms with E-state index in [4.69, 9.17) is 10.3 Å². The van der Waals surface area contributed by atoms with Gasteiger partial charge >= 0.3 is 0 Å². The lowest BCUT2D eigenvalue weighted by Gasteiger charge is -2.04. The molecule has 16 heavy (non-hydrogen) atoms. The second-order valence-electron chi connectivity index (χ2n) is 3.72. The van der Waals surface area contributed by atoms with Crippen LogP contribution in [0.5, 0.6) is 0 Å². The Bertz CT molecular complexity index is 519. The van der Waals surface area contributed by atoms with E-state index in [-0.39, 0.29) is 0 Å². The van der Waals surface area contributed by atoms with Crippen molar-refractivity contribution < 1.29 is 4.52 Å². The maximum atomic E-state index is 5.64. The van der Waals surface area contributed by atoms with Crippen LogP contribution in [0.15, 0.2) is 10.6 Å². The number of rotatable bonds is 2. The van der Waals surface area contributed by atoms with Crippen LogP contribution < -0.4 is 5.73 Å². The molecule has 0 aliphatic heterocycles. The van der Waals surface area contributed by atoms with Gasteiger partial charge in [-0.05, 0) is 26.3 Å². The van der Waals surface area contributed by atoms with Gasteiger partial charge in [0.15, 0.2) is 0 Å². The van der Waals surface area contributed by atoms with Gasteiger partial charge < -0.3 is 10.3 Å². The van der Waals surface area contributed by atoms with Crippen LogP contribution in [0.4, 0.5) is 5.88 Å². The van der Waals surface area contributed by atoms with Gasteiger partial charge in [-0.3, -0.25) is 0 Å². The van der Waals surface area contributed by atoms with Gasteiger partial charge in [0, 0.05) is 11.1 Å². The summed E-state index contributed by atoms with van der Waals surface area (Å²) in [5, 5.41) is 12.2. The zero-order valence-electron chi connectivity index (χ0n) is 9.61. The third-order valence-electron chi connectivity index (χ3n) is 2.54. The van der Waals surface area contributed by atoms with Crippen molar-refractivity contribution >= 4 is 5.88 Å². The molecule has 5 nitrogen and oxygen atoms in total. The molecule has 2 heterocycles. The Balaban J connectivity index is 2.62. The van der Waals surface area contributed by atoms with E-state index in [1.807, 2.05) is 26.8 Å². The minimum atomic E-state index is 0.353. The zero-order chi connectivity index (χ0) is 11.7. The predicted octanol–water partition coefficient (Wildman–Crippen LogP) is 1.89. The third kappa shape index (κ3) is 1.64. The first-order valence-electron chi connectivity index (χ1n) is 5.18. The fraction of sp³-hybridized carbons (Fsp3) is 0.364. The fourth-order valence-corrected chi connectivity index (χ4v) is 1.58. The van der Waals surface area contributed by atoms with E-state index in [0.717, 1.165) is 34.6 Å². The molecular weight excluding hydrogens is 204 g/mol. The lowest BCUT2D eigenvalue weighted by Crippen LogP contribution is -1.98. The predicted molar refractivity (Wildman–Crippen MR) is 60.8 cm³/mol. The molecule has 0 aliphatic rings. The number of nitrogen functional groups attached to an aromatic ring is 1. The summed E-state index contributed by atoms with van der Waals surface area (Å²) < 4.78 is 4.97. The lowest BCUT2D eigenvalue weighted by molar-refractivity contribution is 0.438. The summed E-state index contributed by atoms with van der Waals surface area (Å²) in [6.45, 7) is 5.81. The maximum Gasteiger partial charge on any atom is 0.225 e. The van der Waals surface area contributed by atoms with Crippen molar-refractivity contribution in [2.24, 2.45) is 0 Å². The Morgan fingerprint density at radius 1 is 1.31 bits per heavy atom. The van der Waals surface area contributed by atoms with Crippen molar-refractivity contribution in [2.45, 2.75) is 27.2 Å². The highest BCUT2D eigenvalue weighted by atomic mass is 16.5. The fourth-order valence-electron chi connectivity index (χ4n) is 1.58. The smallest absolute Gasteiger partial charge is 0.225 e.